The van der Waals surface area contributed by atoms with Crippen LogP contribution in [-0.2, 0) is 4.74 Å². The van der Waals surface area contributed by atoms with Crippen LogP contribution in [0.2, 0.25) is 0 Å². The summed E-state index contributed by atoms with van der Waals surface area (Å²) in [5.74, 6) is -0.840. The van der Waals surface area contributed by atoms with Crippen LogP contribution in [0.15, 0.2) is 18.2 Å². The number of hydrogen-bond acceptors (Lipinski definition) is 3. The molecule has 0 heterocycles. The number of rotatable bonds is 5. The molecule has 1 amide bonds. The molecule has 21 heavy (non-hydrogen) atoms. The van der Waals surface area contributed by atoms with Gasteiger partial charge in [0.1, 0.15) is 11.4 Å². The van der Waals surface area contributed by atoms with Crippen LogP contribution < -0.4 is 5.32 Å². The summed E-state index contributed by atoms with van der Waals surface area (Å²) < 4.78 is 18.8. The van der Waals surface area contributed by atoms with Crippen LogP contribution in [0.4, 0.5) is 14.9 Å². The lowest BCUT2D eigenvalue weighted by molar-refractivity contribution is 0.0635. The molecule has 0 aliphatic carbocycles. The zero-order valence-corrected chi connectivity index (χ0v) is 13.0. The Hall–Kier alpha value is -1.91. The van der Waals surface area contributed by atoms with E-state index in [1.54, 1.807) is 20.8 Å². The van der Waals surface area contributed by atoms with Crippen molar-refractivity contribution in [2.24, 2.45) is 0 Å². The molecule has 5 heteroatoms. The van der Waals surface area contributed by atoms with E-state index in [0.29, 0.717) is 18.5 Å². The Morgan fingerprint density at radius 2 is 1.95 bits per heavy atom. The van der Waals surface area contributed by atoms with Crippen molar-refractivity contribution in [2.45, 2.75) is 52.6 Å². The summed E-state index contributed by atoms with van der Waals surface area (Å²) in [7, 11) is 0. The average molecular weight is 295 g/mol. The van der Waals surface area contributed by atoms with Crippen LogP contribution in [0.5, 0.6) is 0 Å². The van der Waals surface area contributed by atoms with Crippen molar-refractivity contribution in [1.82, 2.24) is 0 Å². The van der Waals surface area contributed by atoms with Crippen molar-refractivity contribution >= 4 is 17.6 Å². The maximum absolute atomic E-state index is 13.7. The fourth-order valence-corrected chi connectivity index (χ4v) is 1.71. The summed E-state index contributed by atoms with van der Waals surface area (Å²) in [6.07, 6.45) is 1.23. The first-order chi connectivity index (χ1) is 9.73. The topological polar surface area (TPSA) is 55.4 Å². The molecule has 0 aromatic heterocycles. The summed E-state index contributed by atoms with van der Waals surface area (Å²) in [4.78, 5) is 23.6. The van der Waals surface area contributed by atoms with Crippen molar-refractivity contribution in [2.75, 3.05) is 5.32 Å². The Morgan fingerprint density at radius 1 is 1.29 bits per heavy atom. The molecular formula is C16H22FNO3. The van der Waals surface area contributed by atoms with Gasteiger partial charge in [0, 0.05) is 12.1 Å². The number of nitrogens with one attached hydrogen (secondary N) is 1. The van der Waals surface area contributed by atoms with Crippen molar-refractivity contribution in [3.63, 3.8) is 0 Å². The van der Waals surface area contributed by atoms with Gasteiger partial charge in [-0.15, -0.1) is 0 Å². The molecule has 0 aliphatic heterocycles. The summed E-state index contributed by atoms with van der Waals surface area (Å²) >= 11 is 0. The normalized spacial score (nSPS) is 11.1. The number of Topliss-reactive ketones (excluding diaryl/α,β-unsaturated/α-hetero) is 1. The fraction of sp³-hybridized carbons (Fsp3) is 0.500. The number of hydrogen-bond donors (Lipinski definition) is 1. The zero-order chi connectivity index (χ0) is 16.0. The second-order valence-corrected chi connectivity index (χ2v) is 5.85. The molecule has 0 saturated heterocycles. The molecule has 1 N–H and O–H groups in total. The molecule has 0 fully saturated rings. The summed E-state index contributed by atoms with van der Waals surface area (Å²) in [5, 5.41) is 2.50. The smallest absolute Gasteiger partial charge is 0.412 e. The third-order valence-electron chi connectivity index (χ3n) is 2.67. The lowest BCUT2D eigenvalue weighted by atomic mass is 10.0. The van der Waals surface area contributed by atoms with Gasteiger partial charge < -0.3 is 4.74 Å². The molecule has 0 spiro atoms. The third kappa shape index (κ3) is 5.94. The Morgan fingerprint density at radius 3 is 2.52 bits per heavy atom. The van der Waals surface area contributed by atoms with Gasteiger partial charge in [0.25, 0.3) is 0 Å². The predicted octanol–water partition coefficient (Wildman–Crippen LogP) is 4.55. The van der Waals surface area contributed by atoms with E-state index in [1.807, 2.05) is 6.92 Å². The summed E-state index contributed by atoms with van der Waals surface area (Å²) in [5.41, 5.74) is -0.285. The molecule has 116 valence electrons. The minimum Gasteiger partial charge on any atom is -0.444 e. The van der Waals surface area contributed by atoms with Gasteiger partial charge in [0.15, 0.2) is 5.78 Å². The number of unbranched alkanes of at least 4 members (excludes halogenated alkanes) is 1. The van der Waals surface area contributed by atoms with Crippen LogP contribution >= 0.6 is 0 Å². The molecule has 0 radical (unpaired) electrons. The van der Waals surface area contributed by atoms with E-state index in [4.69, 9.17) is 4.74 Å². The highest BCUT2D eigenvalue weighted by atomic mass is 19.1. The maximum atomic E-state index is 13.7. The fourth-order valence-electron chi connectivity index (χ4n) is 1.71. The van der Waals surface area contributed by atoms with Crippen molar-refractivity contribution < 1.29 is 18.7 Å². The average Bonchev–Trinajstić information content (AvgIpc) is 2.36. The highest BCUT2D eigenvalue weighted by molar-refractivity contribution is 5.98. The van der Waals surface area contributed by atoms with Gasteiger partial charge in [0.05, 0.1) is 5.56 Å². The lowest BCUT2D eigenvalue weighted by Gasteiger charge is -2.19. The van der Waals surface area contributed by atoms with Gasteiger partial charge in [-0.3, -0.25) is 10.1 Å². The second-order valence-electron chi connectivity index (χ2n) is 5.85. The second kappa shape index (κ2) is 7.20. The molecule has 0 unspecified atom stereocenters. The third-order valence-corrected chi connectivity index (χ3v) is 2.67. The van der Waals surface area contributed by atoms with Gasteiger partial charge in [-0.2, -0.15) is 0 Å². The van der Waals surface area contributed by atoms with Gasteiger partial charge in [-0.25, -0.2) is 9.18 Å². The number of carbonyl (C=O) groups is 2. The van der Waals surface area contributed by atoms with Crippen molar-refractivity contribution in [1.29, 1.82) is 0 Å². The van der Waals surface area contributed by atoms with E-state index in [2.05, 4.69) is 5.32 Å². The number of benzene rings is 1. The molecule has 0 aliphatic rings. The van der Waals surface area contributed by atoms with E-state index < -0.39 is 17.5 Å². The standard InChI is InChI=1S/C16H22FNO3/c1-5-6-7-14(19)12-10-11(8-9-13(12)17)18-15(20)21-16(2,3)4/h8-10H,5-7H2,1-4H3,(H,18,20). The Labute approximate surface area is 124 Å². The highest BCUT2D eigenvalue weighted by Gasteiger charge is 2.17. The van der Waals surface area contributed by atoms with Crippen LogP contribution in [-0.4, -0.2) is 17.5 Å². The zero-order valence-electron chi connectivity index (χ0n) is 13.0. The maximum Gasteiger partial charge on any atom is 0.412 e. The quantitative estimate of drug-likeness (QED) is 0.811. The number of halogens is 1. The van der Waals surface area contributed by atoms with E-state index in [-0.39, 0.29) is 11.3 Å². The first-order valence-electron chi connectivity index (χ1n) is 7.05. The molecule has 4 nitrogen and oxygen atoms in total. The van der Waals surface area contributed by atoms with E-state index in [0.717, 1.165) is 6.42 Å². The summed E-state index contributed by atoms with van der Waals surface area (Å²) in [6, 6.07) is 3.92. The van der Waals surface area contributed by atoms with Crippen LogP contribution in [0, 0.1) is 5.82 Å². The molecule has 1 rings (SSSR count). The molecule has 1 aromatic rings. The molecule has 0 bridgehead atoms. The first kappa shape index (κ1) is 17.1. The van der Waals surface area contributed by atoms with Gasteiger partial charge in [0.2, 0.25) is 0 Å². The Bertz CT molecular complexity index is 521. The first-order valence-corrected chi connectivity index (χ1v) is 7.05. The van der Waals surface area contributed by atoms with E-state index >= 15 is 0 Å². The minimum atomic E-state index is -0.638. The van der Waals surface area contributed by atoms with E-state index in [1.165, 1.54) is 18.2 Å². The molecular weight excluding hydrogens is 273 g/mol. The minimum absolute atomic E-state index is 0.00277. The highest BCUT2D eigenvalue weighted by Crippen LogP contribution is 2.18. The van der Waals surface area contributed by atoms with Crippen LogP contribution in [0.25, 0.3) is 0 Å². The SMILES string of the molecule is CCCCC(=O)c1cc(NC(=O)OC(C)(C)C)ccc1F. The van der Waals surface area contributed by atoms with Gasteiger partial charge in [-0.1, -0.05) is 13.3 Å². The molecule has 0 atom stereocenters. The van der Waals surface area contributed by atoms with E-state index in [9.17, 15) is 14.0 Å². The number of ether oxygens (including phenoxy) is 1. The van der Waals surface area contributed by atoms with Crippen LogP contribution in [0.1, 0.15) is 57.3 Å². The monoisotopic (exact) mass is 295 g/mol. The van der Waals surface area contributed by atoms with Crippen molar-refractivity contribution in [3.8, 4) is 0 Å². The number of anilines is 1. The Balaban J connectivity index is 2.82. The molecule has 0 saturated carbocycles. The largest absolute Gasteiger partial charge is 0.444 e. The van der Waals surface area contributed by atoms with Crippen LogP contribution in [0.3, 0.4) is 0 Å². The predicted molar refractivity (Wildman–Crippen MR) is 80.1 cm³/mol. The number of ketones is 1. The van der Waals surface area contributed by atoms with Gasteiger partial charge in [-0.05, 0) is 45.4 Å². The number of carbonyl (C=O) groups excluding carboxylic acids is 2. The van der Waals surface area contributed by atoms with Crippen molar-refractivity contribution in [3.05, 3.63) is 29.6 Å². The van der Waals surface area contributed by atoms with Gasteiger partial charge >= 0.3 is 6.09 Å². The lowest BCUT2D eigenvalue weighted by Crippen LogP contribution is -2.27. The summed E-state index contributed by atoms with van der Waals surface area (Å²) in [6.45, 7) is 7.20. The number of amides is 1. The Kier molecular flexibility index (Phi) is 5.88. The molecule has 1 aromatic carbocycles.